The van der Waals surface area contributed by atoms with Crippen molar-refractivity contribution < 1.29 is 27.5 Å². The summed E-state index contributed by atoms with van der Waals surface area (Å²) in [6, 6.07) is 8.81. The van der Waals surface area contributed by atoms with E-state index in [1.54, 1.807) is 25.1 Å². The van der Waals surface area contributed by atoms with Gasteiger partial charge in [0.25, 0.3) is 6.43 Å². The van der Waals surface area contributed by atoms with E-state index in [0.29, 0.717) is 17.9 Å². The van der Waals surface area contributed by atoms with Gasteiger partial charge in [-0.15, -0.1) is 0 Å². The number of fused-ring (bicyclic) bond motifs is 2. The van der Waals surface area contributed by atoms with Crippen LogP contribution in [0, 0.1) is 0 Å². The largest absolute Gasteiger partial charge is 0.488 e. The number of hydrogen-bond donors (Lipinski definition) is 0. The average molecular weight is 334 g/mol. The summed E-state index contributed by atoms with van der Waals surface area (Å²) >= 11 is 0. The van der Waals surface area contributed by atoms with E-state index in [0.717, 1.165) is 21.7 Å². The summed E-state index contributed by atoms with van der Waals surface area (Å²) in [6.07, 6.45) is -0.865. The topological polar surface area (TPSA) is 48.7 Å². The molecule has 0 aliphatic heterocycles. The molecule has 0 saturated heterocycles. The Bertz CT molecular complexity index is 870. The second-order valence-corrected chi connectivity index (χ2v) is 5.30. The highest BCUT2D eigenvalue weighted by Crippen LogP contribution is 2.30. The van der Waals surface area contributed by atoms with E-state index in [2.05, 4.69) is 0 Å². The van der Waals surface area contributed by atoms with Crippen LogP contribution < -0.4 is 4.74 Å². The molecule has 0 amide bonds. The van der Waals surface area contributed by atoms with E-state index in [1.165, 1.54) is 6.26 Å². The highest BCUT2D eigenvalue weighted by molar-refractivity contribution is 5.98. The molecule has 3 aromatic rings. The van der Waals surface area contributed by atoms with Gasteiger partial charge in [0, 0.05) is 10.9 Å². The van der Waals surface area contributed by atoms with Crippen molar-refractivity contribution in [3.8, 4) is 5.75 Å². The fourth-order valence-corrected chi connectivity index (χ4v) is 2.55. The molecule has 0 spiro atoms. The van der Waals surface area contributed by atoms with Crippen LogP contribution in [-0.2, 0) is 16.0 Å². The normalized spacial score (nSPS) is 11.3. The fourth-order valence-electron chi connectivity index (χ4n) is 2.55. The summed E-state index contributed by atoms with van der Waals surface area (Å²) in [4.78, 5) is 11.7. The molecular formula is C18H16F2O4. The number of ether oxygens (including phenoxy) is 2. The number of carbonyl (C=O) groups excluding carboxylic acids is 1. The van der Waals surface area contributed by atoms with Crippen LogP contribution in [0.3, 0.4) is 0 Å². The van der Waals surface area contributed by atoms with Gasteiger partial charge in [-0.25, -0.2) is 8.78 Å². The van der Waals surface area contributed by atoms with Crippen molar-refractivity contribution in [1.29, 1.82) is 0 Å². The number of benzene rings is 2. The van der Waals surface area contributed by atoms with Gasteiger partial charge in [0.2, 0.25) is 0 Å². The maximum absolute atomic E-state index is 12.3. The van der Waals surface area contributed by atoms with Crippen molar-refractivity contribution in [3.05, 3.63) is 42.2 Å². The average Bonchev–Trinajstić information content (AvgIpc) is 2.92. The third kappa shape index (κ3) is 3.48. The van der Waals surface area contributed by atoms with Crippen LogP contribution in [0.2, 0.25) is 0 Å². The van der Waals surface area contributed by atoms with Gasteiger partial charge in [0.15, 0.2) is 0 Å². The predicted molar refractivity (Wildman–Crippen MR) is 85.6 cm³/mol. The highest BCUT2D eigenvalue weighted by Gasteiger charge is 2.12. The second kappa shape index (κ2) is 6.86. The summed E-state index contributed by atoms with van der Waals surface area (Å²) < 4.78 is 40.0. The monoisotopic (exact) mass is 334 g/mol. The van der Waals surface area contributed by atoms with Crippen LogP contribution in [-0.4, -0.2) is 25.6 Å². The van der Waals surface area contributed by atoms with Crippen LogP contribution in [0.1, 0.15) is 12.5 Å². The number of carbonyl (C=O) groups is 1. The first-order valence-corrected chi connectivity index (χ1v) is 7.57. The maximum atomic E-state index is 12.3. The Kier molecular flexibility index (Phi) is 4.64. The van der Waals surface area contributed by atoms with Gasteiger partial charge >= 0.3 is 5.97 Å². The van der Waals surface area contributed by atoms with Gasteiger partial charge in [-0.1, -0.05) is 6.07 Å². The number of alkyl halides is 2. The lowest BCUT2D eigenvalue weighted by Gasteiger charge is -2.07. The standard InChI is InChI=1S/C18H16F2O4/c1-2-22-18(21)8-13-9-24-16-7-11-3-4-14(23-10-17(19)20)5-12(11)6-15(13)16/h3-7,9,17H,2,8,10H2,1H3. The van der Waals surface area contributed by atoms with Crippen LogP contribution >= 0.6 is 0 Å². The molecule has 0 fully saturated rings. The molecule has 0 aliphatic carbocycles. The molecule has 1 heterocycles. The molecule has 1 aromatic heterocycles. The zero-order valence-corrected chi connectivity index (χ0v) is 13.1. The molecule has 0 N–H and O–H groups in total. The molecule has 0 unspecified atom stereocenters. The first-order valence-electron chi connectivity index (χ1n) is 7.57. The lowest BCUT2D eigenvalue weighted by Crippen LogP contribution is -2.07. The summed E-state index contributed by atoms with van der Waals surface area (Å²) in [6.45, 7) is 1.43. The van der Waals surface area contributed by atoms with E-state index in [4.69, 9.17) is 13.9 Å². The minimum atomic E-state index is -2.52. The lowest BCUT2D eigenvalue weighted by atomic mass is 10.0. The van der Waals surface area contributed by atoms with Crippen molar-refractivity contribution in [2.45, 2.75) is 19.8 Å². The van der Waals surface area contributed by atoms with Gasteiger partial charge in [-0.3, -0.25) is 4.79 Å². The van der Waals surface area contributed by atoms with E-state index in [9.17, 15) is 13.6 Å². The zero-order chi connectivity index (χ0) is 17.1. The van der Waals surface area contributed by atoms with E-state index >= 15 is 0 Å². The van der Waals surface area contributed by atoms with Crippen LogP contribution in [0.5, 0.6) is 5.75 Å². The second-order valence-electron chi connectivity index (χ2n) is 5.30. The van der Waals surface area contributed by atoms with Gasteiger partial charge < -0.3 is 13.9 Å². The van der Waals surface area contributed by atoms with E-state index in [-0.39, 0.29) is 12.4 Å². The van der Waals surface area contributed by atoms with Gasteiger partial charge in [0.05, 0.1) is 19.3 Å². The molecule has 0 aliphatic rings. The van der Waals surface area contributed by atoms with Gasteiger partial charge in [-0.2, -0.15) is 0 Å². The Morgan fingerprint density at radius 1 is 1.21 bits per heavy atom. The Balaban J connectivity index is 1.94. The molecule has 24 heavy (non-hydrogen) atoms. The first-order chi connectivity index (χ1) is 11.6. The molecule has 0 saturated carbocycles. The molecule has 6 heteroatoms. The maximum Gasteiger partial charge on any atom is 0.310 e. The third-order valence-electron chi connectivity index (χ3n) is 3.60. The van der Waals surface area contributed by atoms with Gasteiger partial charge in [-0.05, 0) is 42.0 Å². The van der Waals surface area contributed by atoms with Crippen molar-refractivity contribution in [2.24, 2.45) is 0 Å². The number of rotatable bonds is 6. The molecule has 2 aromatic carbocycles. The Morgan fingerprint density at radius 2 is 2.04 bits per heavy atom. The zero-order valence-electron chi connectivity index (χ0n) is 13.1. The third-order valence-corrected chi connectivity index (χ3v) is 3.60. The quantitative estimate of drug-likeness (QED) is 0.629. The smallest absolute Gasteiger partial charge is 0.310 e. The number of hydrogen-bond acceptors (Lipinski definition) is 4. The molecule has 126 valence electrons. The van der Waals surface area contributed by atoms with Crippen LogP contribution in [0.4, 0.5) is 8.78 Å². The number of esters is 1. The van der Waals surface area contributed by atoms with Gasteiger partial charge in [0.1, 0.15) is 17.9 Å². The molecule has 0 bridgehead atoms. The number of furan rings is 1. The van der Waals surface area contributed by atoms with Crippen molar-refractivity contribution in [2.75, 3.05) is 13.2 Å². The minimum absolute atomic E-state index is 0.119. The summed E-state index contributed by atoms with van der Waals surface area (Å²) in [5, 5.41) is 2.51. The Hall–Kier alpha value is -2.63. The van der Waals surface area contributed by atoms with E-state index in [1.807, 2.05) is 12.1 Å². The fraction of sp³-hybridized carbons (Fsp3) is 0.278. The summed E-state index contributed by atoms with van der Waals surface area (Å²) in [7, 11) is 0. The van der Waals surface area contributed by atoms with E-state index < -0.39 is 13.0 Å². The predicted octanol–water partition coefficient (Wildman–Crippen LogP) is 4.34. The molecule has 4 nitrogen and oxygen atoms in total. The van der Waals surface area contributed by atoms with Crippen molar-refractivity contribution >= 4 is 27.7 Å². The van der Waals surface area contributed by atoms with Crippen LogP contribution in [0.15, 0.2) is 41.0 Å². The Morgan fingerprint density at radius 3 is 2.79 bits per heavy atom. The summed E-state index contributed by atoms with van der Waals surface area (Å²) in [5.41, 5.74) is 1.38. The lowest BCUT2D eigenvalue weighted by molar-refractivity contribution is -0.142. The molecule has 0 radical (unpaired) electrons. The highest BCUT2D eigenvalue weighted by atomic mass is 19.3. The minimum Gasteiger partial charge on any atom is -0.488 e. The van der Waals surface area contributed by atoms with Crippen molar-refractivity contribution in [1.82, 2.24) is 0 Å². The van der Waals surface area contributed by atoms with Crippen molar-refractivity contribution in [3.63, 3.8) is 0 Å². The Labute approximate surface area is 136 Å². The molecule has 3 rings (SSSR count). The first kappa shape index (κ1) is 16.2. The molecule has 0 atom stereocenters. The van der Waals surface area contributed by atoms with Crippen LogP contribution in [0.25, 0.3) is 21.7 Å². The molecular weight excluding hydrogens is 318 g/mol. The summed E-state index contributed by atoms with van der Waals surface area (Å²) in [5.74, 6) is 0.0481. The SMILES string of the molecule is CCOC(=O)Cc1coc2cc3ccc(OCC(F)F)cc3cc12. The number of halogens is 2.